The van der Waals surface area contributed by atoms with Crippen LogP contribution in [0.5, 0.6) is 5.75 Å². The summed E-state index contributed by atoms with van der Waals surface area (Å²) < 4.78 is 5.70. The first-order valence-corrected chi connectivity index (χ1v) is 12.5. The van der Waals surface area contributed by atoms with Crippen molar-refractivity contribution in [1.82, 2.24) is 15.3 Å². The van der Waals surface area contributed by atoms with Crippen LogP contribution in [-0.4, -0.2) is 48.2 Å². The summed E-state index contributed by atoms with van der Waals surface area (Å²) in [6, 6.07) is 11.8. The van der Waals surface area contributed by atoms with Crippen molar-refractivity contribution in [3.63, 3.8) is 0 Å². The van der Waals surface area contributed by atoms with Crippen LogP contribution in [0.1, 0.15) is 13.8 Å². The molecule has 1 amide bonds. The maximum Gasteiger partial charge on any atom is 0.247 e. The number of piperazine rings is 1. The van der Waals surface area contributed by atoms with E-state index in [0.717, 1.165) is 30.2 Å². The van der Waals surface area contributed by atoms with Gasteiger partial charge in [0, 0.05) is 42.6 Å². The molecule has 1 aliphatic heterocycles. The monoisotopic (exact) mass is 541 g/mol. The predicted molar refractivity (Wildman–Crippen MR) is 151 cm³/mol. The highest BCUT2D eigenvalue weighted by Gasteiger charge is 2.23. The minimum atomic E-state index is -0.348. The highest BCUT2D eigenvalue weighted by Crippen LogP contribution is 2.34. The second-order valence-corrected chi connectivity index (χ2v) is 9.60. The zero-order chi connectivity index (χ0) is 26.5. The Morgan fingerprint density at radius 2 is 1.81 bits per heavy atom. The molecule has 0 saturated carbocycles. The molecule has 1 fully saturated rings. The number of carbonyl (C=O) groups is 1. The molecule has 0 spiro atoms. The fourth-order valence-corrected chi connectivity index (χ4v) is 4.57. The largest absolute Gasteiger partial charge is 0.495 e. The minimum absolute atomic E-state index is 0.334. The van der Waals surface area contributed by atoms with Gasteiger partial charge in [0.1, 0.15) is 10.8 Å². The van der Waals surface area contributed by atoms with Crippen LogP contribution in [0.3, 0.4) is 0 Å². The van der Waals surface area contributed by atoms with Crippen molar-refractivity contribution in [3.8, 4) is 5.75 Å². The Balaban J connectivity index is 1.50. The molecule has 1 aliphatic rings. The van der Waals surface area contributed by atoms with Crippen molar-refractivity contribution in [2.75, 3.05) is 41.0 Å². The third kappa shape index (κ3) is 6.62. The number of nitrogens with one attached hydrogen (secondary N) is 4. The molecule has 37 heavy (non-hydrogen) atoms. The SMILES string of the molecule is C=CC(=O)Nc1ccc(Nc2nc(Nc3ccc(N4C[C@@H](C)N[C@@H](C)C4)c(OC)c3)ncc2Cl)cc1Cl. The van der Waals surface area contributed by atoms with Gasteiger partial charge in [-0.25, -0.2) is 4.98 Å². The molecule has 9 nitrogen and oxygen atoms in total. The molecule has 1 saturated heterocycles. The van der Waals surface area contributed by atoms with Crippen LogP contribution in [0, 0.1) is 0 Å². The number of benzene rings is 2. The van der Waals surface area contributed by atoms with Gasteiger partial charge in [0.2, 0.25) is 11.9 Å². The van der Waals surface area contributed by atoms with E-state index in [0.29, 0.717) is 45.3 Å². The molecule has 0 bridgehead atoms. The number of aromatic nitrogens is 2. The Hall–Kier alpha value is -3.53. The maximum absolute atomic E-state index is 11.5. The topological polar surface area (TPSA) is 103 Å². The van der Waals surface area contributed by atoms with Gasteiger partial charge >= 0.3 is 0 Å². The van der Waals surface area contributed by atoms with Crippen molar-refractivity contribution < 1.29 is 9.53 Å². The Morgan fingerprint density at radius 1 is 1.11 bits per heavy atom. The first kappa shape index (κ1) is 26.5. The van der Waals surface area contributed by atoms with Crippen LogP contribution >= 0.6 is 23.2 Å². The molecule has 1 aromatic heterocycles. The zero-order valence-electron chi connectivity index (χ0n) is 20.8. The summed E-state index contributed by atoms with van der Waals surface area (Å²) in [6.07, 6.45) is 2.68. The summed E-state index contributed by atoms with van der Waals surface area (Å²) in [5, 5.41) is 13.2. The van der Waals surface area contributed by atoms with Gasteiger partial charge in [0.15, 0.2) is 5.82 Å². The molecule has 2 atom stereocenters. The van der Waals surface area contributed by atoms with Gasteiger partial charge in [-0.05, 0) is 50.3 Å². The van der Waals surface area contributed by atoms with Crippen LogP contribution in [-0.2, 0) is 4.79 Å². The second kappa shape index (κ2) is 11.7. The average molecular weight is 542 g/mol. The van der Waals surface area contributed by atoms with Gasteiger partial charge in [-0.2, -0.15) is 4.98 Å². The van der Waals surface area contributed by atoms with E-state index in [9.17, 15) is 4.79 Å². The molecule has 0 unspecified atom stereocenters. The van der Waals surface area contributed by atoms with Gasteiger partial charge in [-0.15, -0.1) is 0 Å². The first-order valence-electron chi connectivity index (χ1n) is 11.7. The Labute approximate surface area is 226 Å². The van der Waals surface area contributed by atoms with E-state index in [1.807, 2.05) is 18.2 Å². The summed E-state index contributed by atoms with van der Waals surface area (Å²) in [6.45, 7) is 9.59. The van der Waals surface area contributed by atoms with Crippen LogP contribution in [0.4, 0.5) is 34.5 Å². The Bertz CT molecular complexity index is 1290. The quantitative estimate of drug-likeness (QED) is 0.273. The summed E-state index contributed by atoms with van der Waals surface area (Å²) in [7, 11) is 1.66. The van der Waals surface area contributed by atoms with E-state index >= 15 is 0 Å². The third-order valence-corrected chi connectivity index (χ3v) is 6.34. The fraction of sp³-hybridized carbons (Fsp3) is 0.269. The lowest BCUT2D eigenvalue weighted by Crippen LogP contribution is -2.54. The highest BCUT2D eigenvalue weighted by atomic mass is 35.5. The number of nitrogens with zero attached hydrogens (tertiary/aromatic N) is 3. The summed E-state index contributed by atoms with van der Waals surface area (Å²) >= 11 is 12.6. The number of rotatable bonds is 8. The van der Waals surface area contributed by atoms with Crippen LogP contribution in [0.15, 0.2) is 55.3 Å². The van der Waals surface area contributed by atoms with Gasteiger partial charge in [0.25, 0.3) is 0 Å². The van der Waals surface area contributed by atoms with E-state index in [-0.39, 0.29) is 5.91 Å². The molecule has 2 heterocycles. The zero-order valence-corrected chi connectivity index (χ0v) is 22.3. The third-order valence-electron chi connectivity index (χ3n) is 5.75. The van der Waals surface area contributed by atoms with Gasteiger partial charge in [0.05, 0.1) is 29.7 Å². The van der Waals surface area contributed by atoms with Crippen molar-refractivity contribution in [3.05, 3.63) is 65.3 Å². The molecule has 11 heteroatoms. The van der Waals surface area contributed by atoms with Gasteiger partial charge in [-0.1, -0.05) is 29.8 Å². The van der Waals surface area contributed by atoms with E-state index in [4.69, 9.17) is 27.9 Å². The first-order chi connectivity index (χ1) is 17.7. The van der Waals surface area contributed by atoms with E-state index in [2.05, 4.69) is 56.6 Å². The minimum Gasteiger partial charge on any atom is -0.495 e. The average Bonchev–Trinajstić information content (AvgIpc) is 2.87. The number of halogens is 2. The lowest BCUT2D eigenvalue weighted by atomic mass is 10.1. The molecule has 4 rings (SSSR count). The normalized spacial score (nSPS) is 17.2. The summed E-state index contributed by atoms with van der Waals surface area (Å²) in [5.41, 5.74) is 2.92. The Kier molecular flexibility index (Phi) is 8.38. The maximum atomic E-state index is 11.5. The molecular weight excluding hydrogens is 513 g/mol. The number of anilines is 6. The molecule has 3 aromatic rings. The molecule has 194 valence electrons. The van der Waals surface area contributed by atoms with Gasteiger partial charge < -0.3 is 30.9 Å². The lowest BCUT2D eigenvalue weighted by molar-refractivity contribution is -0.111. The molecular formula is C26H29Cl2N7O2. The van der Waals surface area contributed by atoms with Gasteiger partial charge in [-0.3, -0.25) is 4.79 Å². The van der Waals surface area contributed by atoms with Crippen LogP contribution in [0.25, 0.3) is 0 Å². The molecule has 4 N–H and O–H groups in total. The summed E-state index contributed by atoms with van der Waals surface area (Å²) in [4.78, 5) is 22.7. The smallest absolute Gasteiger partial charge is 0.247 e. The number of hydrogen-bond acceptors (Lipinski definition) is 8. The standard InChI is InChI=1S/C26H29Cl2N7O2/c1-5-24(36)33-21-8-6-17(10-19(21)27)31-25-20(28)12-29-26(34-25)32-18-7-9-22(23(11-18)37-4)35-13-15(2)30-16(3)14-35/h5-12,15-16,30H,1,13-14H2,2-4H3,(H,33,36)(H2,29,31,32,34)/t15-,16+. The Morgan fingerprint density at radius 3 is 2.49 bits per heavy atom. The number of hydrogen-bond donors (Lipinski definition) is 4. The predicted octanol–water partition coefficient (Wildman–Crippen LogP) is 5.59. The van der Waals surface area contributed by atoms with Crippen molar-refractivity contribution in [2.24, 2.45) is 0 Å². The lowest BCUT2D eigenvalue weighted by Gasteiger charge is -2.38. The number of ether oxygens (including phenoxy) is 1. The number of amides is 1. The van der Waals surface area contributed by atoms with E-state index in [1.165, 1.54) is 12.3 Å². The van der Waals surface area contributed by atoms with E-state index < -0.39 is 0 Å². The van der Waals surface area contributed by atoms with Crippen molar-refractivity contribution in [1.29, 1.82) is 0 Å². The van der Waals surface area contributed by atoms with Crippen LogP contribution < -0.4 is 30.9 Å². The summed E-state index contributed by atoms with van der Waals surface area (Å²) in [5.74, 6) is 1.16. The van der Waals surface area contributed by atoms with Crippen molar-refractivity contribution in [2.45, 2.75) is 25.9 Å². The van der Waals surface area contributed by atoms with E-state index in [1.54, 1.807) is 25.3 Å². The fourth-order valence-electron chi connectivity index (χ4n) is 4.20. The number of carbonyl (C=O) groups excluding carboxylic acids is 1. The highest BCUT2D eigenvalue weighted by molar-refractivity contribution is 6.34. The molecule has 2 aromatic carbocycles. The van der Waals surface area contributed by atoms with Crippen LogP contribution in [0.2, 0.25) is 10.0 Å². The van der Waals surface area contributed by atoms with Crippen molar-refractivity contribution >= 4 is 63.6 Å². The molecule has 0 radical (unpaired) electrons. The molecule has 0 aliphatic carbocycles. The second-order valence-electron chi connectivity index (χ2n) is 8.79. The number of methoxy groups -OCH3 is 1.